The van der Waals surface area contributed by atoms with E-state index in [2.05, 4.69) is 122 Å². The van der Waals surface area contributed by atoms with Crippen LogP contribution in [0.25, 0.3) is 55.6 Å². The number of fused-ring (bicyclic) bond motifs is 3. The molecule has 4 aromatic carbocycles. The molecule has 2 saturated carbocycles. The Kier molecular flexibility index (Phi) is 12.1. The molecular weight excluding hydrogens is 853 g/mol. The van der Waals surface area contributed by atoms with Gasteiger partial charge in [-0.15, -0.1) is 54.1 Å². The molecule has 54 heavy (non-hydrogen) atoms. The smallest absolute Gasteiger partial charge is 0.120 e. The fourth-order valence-electron chi connectivity index (χ4n) is 8.59. The largest absolute Gasteiger partial charge is 0.501 e. The van der Waals surface area contributed by atoms with Gasteiger partial charge in [-0.2, -0.15) is 0 Å². The average Bonchev–Trinajstić information content (AvgIpc) is 3.98. The zero-order valence-corrected chi connectivity index (χ0v) is 35.2. The van der Waals surface area contributed by atoms with E-state index in [1.165, 1.54) is 74.5 Å². The van der Waals surface area contributed by atoms with Gasteiger partial charge in [-0.05, 0) is 70.6 Å². The van der Waals surface area contributed by atoms with Gasteiger partial charge < -0.3 is 14.4 Å². The molecular formula is C49H50IrN2OSi-2. The van der Waals surface area contributed by atoms with Gasteiger partial charge in [0.2, 0.25) is 0 Å². The number of pyridine rings is 2. The van der Waals surface area contributed by atoms with Gasteiger partial charge in [-0.25, -0.2) is 0 Å². The van der Waals surface area contributed by atoms with Crippen LogP contribution in [0.1, 0.15) is 62.5 Å². The molecule has 3 heterocycles. The van der Waals surface area contributed by atoms with Crippen molar-refractivity contribution in [2.24, 2.45) is 11.8 Å². The molecule has 0 N–H and O–H groups in total. The number of benzene rings is 4. The minimum atomic E-state index is -1.35. The fraction of sp³-hybridized carbons (Fsp3) is 0.306. The molecule has 3 aromatic heterocycles. The number of hydrogen-bond acceptors (Lipinski definition) is 3. The summed E-state index contributed by atoms with van der Waals surface area (Å²) in [5.74, 6) is 1.70. The Morgan fingerprint density at radius 1 is 0.667 bits per heavy atom. The monoisotopic (exact) mass is 903 g/mol. The van der Waals surface area contributed by atoms with Crippen LogP contribution in [0.3, 0.4) is 0 Å². The van der Waals surface area contributed by atoms with E-state index in [0.29, 0.717) is 0 Å². The first kappa shape index (κ1) is 38.1. The molecule has 2 fully saturated rings. The topological polar surface area (TPSA) is 38.9 Å². The van der Waals surface area contributed by atoms with Gasteiger partial charge in [-0.1, -0.05) is 142 Å². The molecule has 2 aliphatic carbocycles. The molecule has 5 heteroatoms. The van der Waals surface area contributed by atoms with E-state index >= 15 is 0 Å². The maximum Gasteiger partial charge on any atom is 0.120 e. The first-order chi connectivity index (χ1) is 25.9. The van der Waals surface area contributed by atoms with E-state index in [4.69, 9.17) is 9.40 Å². The van der Waals surface area contributed by atoms with E-state index in [0.717, 1.165) is 62.7 Å². The maximum absolute atomic E-state index is 6.33. The van der Waals surface area contributed by atoms with Crippen LogP contribution < -0.4 is 5.19 Å². The molecule has 0 saturated heterocycles. The molecule has 9 rings (SSSR count). The SMILES string of the molecule is C[Si](C)(C)c1cnc(-c2[c-]cccc2)cc1CC1CCCC1.[Ir].[c-]1ccc2c(oc3ccc(-c4ccccc4)cc32)c1-c1cc(CC2CCCC2)ccn1. The molecule has 0 atom stereocenters. The Hall–Kier alpha value is -4.15. The minimum Gasteiger partial charge on any atom is -0.501 e. The summed E-state index contributed by atoms with van der Waals surface area (Å²) in [4.78, 5) is 9.43. The van der Waals surface area contributed by atoms with Crippen molar-refractivity contribution in [2.75, 3.05) is 0 Å². The molecule has 1 radical (unpaired) electrons. The van der Waals surface area contributed by atoms with Gasteiger partial charge in [0.05, 0.1) is 13.7 Å². The zero-order chi connectivity index (χ0) is 36.2. The van der Waals surface area contributed by atoms with Crippen molar-refractivity contribution in [3.05, 3.63) is 139 Å². The third-order valence-corrected chi connectivity index (χ3v) is 13.5. The molecule has 0 bridgehead atoms. The van der Waals surface area contributed by atoms with Crippen molar-refractivity contribution in [3.8, 4) is 33.6 Å². The van der Waals surface area contributed by atoms with Crippen LogP contribution in [0.15, 0.2) is 120 Å². The van der Waals surface area contributed by atoms with E-state index < -0.39 is 8.07 Å². The second-order valence-corrected chi connectivity index (χ2v) is 21.3. The van der Waals surface area contributed by atoms with Crippen LogP contribution in [-0.2, 0) is 32.9 Å². The summed E-state index contributed by atoms with van der Waals surface area (Å²) in [6.45, 7) is 7.28. The maximum atomic E-state index is 6.33. The predicted molar refractivity (Wildman–Crippen MR) is 224 cm³/mol. The Bertz CT molecular complexity index is 2300. The summed E-state index contributed by atoms with van der Waals surface area (Å²) in [5, 5.41) is 3.79. The van der Waals surface area contributed by atoms with E-state index in [1.54, 1.807) is 10.8 Å². The summed E-state index contributed by atoms with van der Waals surface area (Å²) in [5.41, 5.74) is 11.2. The van der Waals surface area contributed by atoms with Gasteiger partial charge in [0, 0.05) is 37.9 Å². The molecule has 0 aliphatic heterocycles. The molecule has 0 unspecified atom stereocenters. The number of furan rings is 1. The zero-order valence-electron chi connectivity index (χ0n) is 31.8. The van der Waals surface area contributed by atoms with Gasteiger partial charge >= 0.3 is 0 Å². The van der Waals surface area contributed by atoms with E-state index in [-0.39, 0.29) is 20.1 Å². The predicted octanol–water partition coefficient (Wildman–Crippen LogP) is 12.7. The second kappa shape index (κ2) is 17.1. The van der Waals surface area contributed by atoms with E-state index in [9.17, 15) is 0 Å². The Morgan fingerprint density at radius 3 is 2.13 bits per heavy atom. The molecule has 7 aromatic rings. The Labute approximate surface area is 336 Å². The molecule has 2 aliphatic rings. The van der Waals surface area contributed by atoms with Crippen molar-refractivity contribution < 1.29 is 24.5 Å². The van der Waals surface area contributed by atoms with E-state index in [1.807, 2.05) is 30.5 Å². The first-order valence-electron chi connectivity index (χ1n) is 19.7. The summed E-state index contributed by atoms with van der Waals surface area (Å²) in [6, 6.07) is 42.6. The number of rotatable bonds is 8. The van der Waals surface area contributed by atoms with Crippen molar-refractivity contribution in [3.63, 3.8) is 0 Å². The molecule has 277 valence electrons. The van der Waals surface area contributed by atoms with Crippen molar-refractivity contribution in [2.45, 2.75) is 83.8 Å². The summed E-state index contributed by atoms with van der Waals surface area (Å²) in [6.07, 6.45) is 17.6. The van der Waals surface area contributed by atoms with Crippen LogP contribution >= 0.6 is 0 Å². The van der Waals surface area contributed by atoms with Crippen LogP contribution in [-0.4, -0.2) is 18.0 Å². The van der Waals surface area contributed by atoms with Crippen molar-refractivity contribution in [1.29, 1.82) is 0 Å². The third kappa shape index (κ3) is 8.70. The van der Waals surface area contributed by atoms with Crippen LogP contribution in [0.5, 0.6) is 0 Å². The molecule has 0 amide bonds. The second-order valence-electron chi connectivity index (χ2n) is 16.3. The molecule has 3 nitrogen and oxygen atoms in total. The fourth-order valence-corrected chi connectivity index (χ4v) is 10.2. The third-order valence-electron chi connectivity index (χ3n) is 11.4. The Morgan fingerprint density at radius 2 is 1.41 bits per heavy atom. The summed E-state index contributed by atoms with van der Waals surface area (Å²) in [7, 11) is -1.35. The molecule has 0 spiro atoms. The number of hydrogen-bond donors (Lipinski definition) is 0. The summed E-state index contributed by atoms with van der Waals surface area (Å²) < 4.78 is 6.33. The van der Waals surface area contributed by atoms with Gasteiger partial charge in [0.1, 0.15) is 5.58 Å². The van der Waals surface area contributed by atoms with Gasteiger partial charge in [0.15, 0.2) is 0 Å². The number of aromatic nitrogens is 2. The normalized spacial score (nSPS) is 14.9. The van der Waals surface area contributed by atoms with Gasteiger partial charge in [-0.3, -0.25) is 0 Å². The Balaban J connectivity index is 0.000000174. The van der Waals surface area contributed by atoms with Crippen LogP contribution in [0.4, 0.5) is 0 Å². The van der Waals surface area contributed by atoms with Gasteiger partial charge in [0.25, 0.3) is 0 Å². The van der Waals surface area contributed by atoms with Crippen LogP contribution in [0, 0.1) is 24.0 Å². The average molecular weight is 903 g/mol. The number of nitrogens with zero attached hydrogens (tertiary/aromatic N) is 2. The summed E-state index contributed by atoms with van der Waals surface area (Å²) >= 11 is 0. The standard InChI is InChI=1S/C29H24NO.C20H26NSi.Ir/c1-2-9-22(10-3-1)23-13-14-28-26(19-23)24-11-6-12-25(29(24)31-28)27-18-21(15-16-30-27)17-20-7-4-5-8-20;1-22(2,3)20-15-21-19(17-11-5-4-6-12-17)14-18(20)13-16-9-7-8-10-16;/h1-3,6,9-11,13-16,18-20H,4-5,7-8,17H2;4-6,11,14-16H,7-10,13H2,1-3H3;/q2*-1;. The quantitative estimate of drug-likeness (QED) is 0.113. The van der Waals surface area contributed by atoms with Crippen molar-refractivity contribution in [1.82, 2.24) is 9.97 Å². The van der Waals surface area contributed by atoms with Crippen molar-refractivity contribution >= 4 is 35.2 Å². The first-order valence-corrected chi connectivity index (χ1v) is 23.2. The minimum absolute atomic E-state index is 0. The van der Waals surface area contributed by atoms with Crippen LogP contribution in [0.2, 0.25) is 19.6 Å².